The standard InChI is InChI=1S/C8H13N.C6H7N.2C2H6/c1-4-6-7-8(5-2)9-3;1-6-3-2-4-7-5-6;2*1-2/h4-7,9H,1H2,2-3H3;2-5H,1H3;2*1-2H3/b7-6-,8-5+;;;. The van der Waals surface area contributed by atoms with E-state index in [9.17, 15) is 0 Å². The zero-order chi connectivity index (χ0) is 16.2. The van der Waals surface area contributed by atoms with Crippen LogP contribution in [0.1, 0.15) is 40.2 Å². The Morgan fingerprint density at radius 2 is 1.85 bits per heavy atom. The molecule has 0 spiro atoms. The van der Waals surface area contributed by atoms with E-state index in [-0.39, 0.29) is 0 Å². The third-order valence-electron chi connectivity index (χ3n) is 1.82. The van der Waals surface area contributed by atoms with Gasteiger partial charge in [-0.25, -0.2) is 0 Å². The second-order valence-electron chi connectivity index (χ2n) is 3.12. The van der Waals surface area contributed by atoms with E-state index in [0.29, 0.717) is 0 Å². The molecule has 0 aliphatic carbocycles. The summed E-state index contributed by atoms with van der Waals surface area (Å²) in [6.07, 6.45) is 11.2. The maximum atomic E-state index is 3.88. The van der Waals surface area contributed by atoms with E-state index in [4.69, 9.17) is 0 Å². The molecule has 1 N–H and O–H groups in total. The SMILES string of the molecule is C=C/C=C\C(=C/C)NC.CC.CC.Cc1cccnc1. The fourth-order valence-electron chi connectivity index (χ4n) is 0.944. The summed E-state index contributed by atoms with van der Waals surface area (Å²) in [5.74, 6) is 0. The Hall–Kier alpha value is -1.83. The highest BCUT2D eigenvalue weighted by Gasteiger charge is 1.77. The van der Waals surface area contributed by atoms with Crippen LogP contribution in [0, 0.1) is 6.92 Å². The summed E-state index contributed by atoms with van der Waals surface area (Å²) in [5.41, 5.74) is 2.32. The fourth-order valence-corrected chi connectivity index (χ4v) is 0.944. The highest BCUT2D eigenvalue weighted by Crippen LogP contribution is 1.89. The second-order valence-corrected chi connectivity index (χ2v) is 3.12. The molecule has 0 atom stereocenters. The van der Waals surface area contributed by atoms with Crippen molar-refractivity contribution in [3.63, 3.8) is 0 Å². The minimum absolute atomic E-state index is 1.11. The van der Waals surface area contributed by atoms with Crippen LogP contribution >= 0.6 is 0 Å². The van der Waals surface area contributed by atoms with Crippen molar-refractivity contribution in [2.24, 2.45) is 0 Å². The van der Waals surface area contributed by atoms with Crippen molar-refractivity contribution in [2.75, 3.05) is 7.05 Å². The highest BCUT2D eigenvalue weighted by molar-refractivity contribution is 5.18. The number of aryl methyl sites for hydroxylation is 1. The van der Waals surface area contributed by atoms with Gasteiger partial charge in [-0.1, -0.05) is 58.6 Å². The monoisotopic (exact) mass is 276 g/mol. The van der Waals surface area contributed by atoms with Gasteiger partial charge >= 0.3 is 0 Å². The van der Waals surface area contributed by atoms with E-state index in [0.717, 1.165) is 5.70 Å². The van der Waals surface area contributed by atoms with Crippen LogP contribution in [-0.4, -0.2) is 12.0 Å². The molecular weight excluding hydrogens is 244 g/mol. The molecule has 1 aromatic heterocycles. The Morgan fingerprint density at radius 3 is 2.10 bits per heavy atom. The number of pyridine rings is 1. The largest absolute Gasteiger partial charge is 0.388 e. The van der Waals surface area contributed by atoms with E-state index >= 15 is 0 Å². The van der Waals surface area contributed by atoms with E-state index in [1.165, 1.54) is 5.56 Å². The van der Waals surface area contributed by atoms with Gasteiger partial charge in [0.2, 0.25) is 0 Å². The fraction of sp³-hybridized carbons (Fsp3) is 0.389. The molecular formula is C18H32N2. The summed E-state index contributed by atoms with van der Waals surface area (Å²) in [6.45, 7) is 15.6. The summed E-state index contributed by atoms with van der Waals surface area (Å²) >= 11 is 0. The average molecular weight is 276 g/mol. The van der Waals surface area contributed by atoms with Crippen molar-refractivity contribution in [2.45, 2.75) is 41.5 Å². The zero-order valence-corrected chi connectivity index (χ0v) is 14.3. The van der Waals surface area contributed by atoms with Crippen LogP contribution in [0.3, 0.4) is 0 Å². The van der Waals surface area contributed by atoms with Crippen molar-refractivity contribution in [1.29, 1.82) is 0 Å². The number of hydrogen-bond donors (Lipinski definition) is 1. The lowest BCUT2D eigenvalue weighted by Crippen LogP contribution is -2.01. The van der Waals surface area contributed by atoms with Crippen LogP contribution in [-0.2, 0) is 0 Å². The Labute approximate surface area is 126 Å². The quantitative estimate of drug-likeness (QED) is 0.758. The number of aromatic nitrogens is 1. The number of nitrogens with one attached hydrogen (secondary N) is 1. The highest BCUT2D eigenvalue weighted by atomic mass is 14.8. The minimum Gasteiger partial charge on any atom is -0.388 e. The Bertz CT molecular complexity index is 338. The average Bonchev–Trinajstić information content (AvgIpc) is 2.54. The van der Waals surface area contributed by atoms with Crippen molar-refractivity contribution < 1.29 is 0 Å². The van der Waals surface area contributed by atoms with Crippen molar-refractivity contribution in [3.05, 3.63) is 66.7 Å². The van der Waals surface area contributed by atoms with Gasteiger partial charge in [-0.05, 0) is 31.6 Å². The van der Waals surface area contributed by atoms with Gasteiger partial charge in [-0.2, -0.15) is 0 Å². The van der Waals surface area contributed by atoms with E-state index in [1.54, 1.807) is 12.3 Å². The molecule has 0 saturated carbocycles. The Balaban J connectivity index is -0.000000234. The summed E-state index contributed by atoms with van der Waals surface area (Å²) in [4.78, 5) is 3.88. The van der Waals surface area contributed by atoms with Gasteiger partial charge in [0, 0.05) is 25.1 Å². The van der Waals surface area contributed by atoms with Gasteiger partial charge in [0.25, 0.3) is 0 Å². The maximum Gasteiger partial charge on any atom is 0.0297 e. The molecule has 0 radical (unpaired) electrons. The lowest BCUT2D eigenvalue weighted by Gasteiger charge is -1.95. The van der Waals surface area contributed by atoms with Gasteiger partial charge in [-0.15, -0.1) is 0 Å². The molecule has 114 valence electrons. The molecule has 1 aromatic rings. The van der Waals surface area contributed by atoms with Crippen LogP contribution in [0.5, 0.6) is 0 Å². The van der Waals surface area contributed by atoms with Crippen LogP contribution in [0.15, 0.2) is 61.1 Å². The lowest BCUT2D eigenvalue weighted by atomic mass is 10.3. The first-order valence-electron chi connectivity index (χ1n) is 7.24. The first-order chi connectivity index (χ1) is 9.74. The smallest absolute Gasteiger partial charge is 0.0297 e. The molecule has 0 unspecified atom stereocenters. The number of hydrogen-bond acceptors (Lipinski definition) is 2. The van der Waals surface area contributed by atoms with E-state index in [1.807, 2.05) is 85.1 Å². The predicted octanol–water partition coefficient (Wildman–Crippen LogP) is 5.29. The molecule has 0 aromatic carbocycles. The first-order valence-corrected chi connectivity index (χ1v) is 7.24. The zero-order valence-electron chi connectivity index (χ0n) is 14.3. The van der Waals surface area contributed by atoms with E-state index in [2.05, 4.69) is 16.9 Å². The molecule has 0 bridgehead atoms. The molecule has 0 amide bonds. The summed E-state index contributed by atoms with van der Waals surface area (Å²) < 4.78 is 0. The molecule has 0 aliphatic rings. The van der Waals surface area contributed by atoms with Crippen molar-refractivity contribution >= 4 is 0 Å². The normalized spacial score (nSPS) is 9.05. The summed E-state index contributed by atoms with van der Waals surface area (Å²) in [6, 6.07) is 3.95. The third-order valence-corrected chi connectivity index (χ3v) is 1.82. The predicted molar refractivity (Wildman–Crippen MR) is 93.8 cm³/mol. The first kappa shape index (κ1) is 23.3. The Kier molecular flexibility index (Phi) is 26.0. The van der Waals surface area contributed by atoms with Crippen LogP contribution in [0.4, 0.5) is 0 Å². The van der Waals surface area contributed by atoms with Crippen LogP contribution < -0.4 is 5.32 Å². The molecule has 0 saturated heterocycles. The molecule has 2 heteroatoms. The number of nitrogens with zero attached hydrogens (tertiary/aromatic N) is 1. The topological polar surface area (TPSA) is 24.9 Å². The number of likely N-dealkylation sites (N-methyl/N-ethyl adjacent to an activating group) is 1. The van der Waals surface area contributed by atoms with Crippen molar-refractivity contribution in [1.82, 2.24) is 10.3 Å². The van der Waals surface area contributed by atoms with Crippen molar-refractivity contribution in [3.8, 4) is 0 Å². The van der Waals surface area contributed by atoms with Gasteiger partial charge in [0.1, 0.15) is 0 Å². The van der Waals surface area contributed by atoms with E-state index < -0.39 is 0 Å². The maximum absolute atomic E-state index is 3.88. The number of rotatable bonds is 3. The lowest BCUT2D eigenvalue weighted by molar-refractivity contribution is 1.03. The third kappa shape index (κ3) is 18.5. The minimum atomic E-state index is 1.11. The summed E-state index contributed by atoms with van der Waals surface area (Å²) in [5, 5.41) is 3.01. The Morgan fingerprint density at radius 1 is 1.25 bits per heavy atom. The summed E-state index contributed by atoms with van der Waals surface area (Å²) in [7, 11) is 1.89. The van der Waals surface area contributed by atoms with Gasteiger partial charge < -0.3 is 5.32 Å². The number of allylic oxidation sites excluding steroid dienone is 4. The molecule has 2 nitrogen and oxygen atoms in total. The second kappa shape index (κ2) is 22.4. The van der Waals surface area contributed by atoms with Crippen LogP contribution in [0.2, 0.25) is 0 Å². The molecule has 1 rings (SSSR count). The van der Waals surface area contributed by atoms with Crippen LogP contribution in [0.25, 0.3) is 0 Å². The molecule has 1 heterocycles. The van der Waals surface area contributed by atoms with Gasteiger partial charge in [0.15, 0.2) is 0 Å². The molecule has 0 fully saturated rings. The van der Waals surface area contributed by atoms with Gasteiger partial charge in [-0.3, -0.25) is 4.98 Å². The molecule has 20 heavy (non-hydrogen) atoms. The molecule has 0 aliphatic heterocycles. The van der Waals surface area contributed by atoms with Gasteiger partial charge in [0.05, 0.1) is 0 Å².